The number of carbonyl (C=O) groups is 1. The number of anilines is 1. The number of hydrogen-bond acceptors (Lipinski definition) is 3. The van der Waals surface area contributed by atoms with Gasteiger partial charge in [-0.15, -0.1) is 0 Å². The third-order valence-corrected chi connectivity index (χ3v) is 3.59. The van der Waals surface area contributed by atoms with Gasteiger partial charge < -0.3 is 9.73 Å². The molecule has 0 aliphatic carbocycles. The van der Waals surface area contributed by atoms with Crippen LogP contribution in [0.2, 0.25) is 10.0 Å². The second-order valence-electron chi connectivity index (χ2n) is 4.55. The lowest BCUT2D eigenvalue weighted by atomic mass is 10.2. The summed E-state index contributed by atoms with van der Waals surface area (Å²) < 4.78 is 5.46. The lowest BCUT2D eigenvalue weighted by Gasteiger charge is -2.07. The van der Waals surface area contributed by atoms with Gasteiger partial charge in [0.25, 0.3) is 5.91 Å². The fraction of sp³-hybridized carbons (Fsp3) is 0. The van der Waals surface area contributed by atoms with Crippen LogP contribution in [-0.4, -0.2) is 5.91 Å². The molecule has 0 atom stereocenters. The summed E-state index contributed by atoms with van der Waals surface area (Å²) in [5, 5.41) is 3.76. The Labute approximate surface area is 135 Å². The van der Waals surface area contributed by atoms with Crippen LogP contribution in [0.25, 0.3) is 11.0 Å². The van der Waals surface area contributed by atoms with Gasteiger partial charge in [0.2, 0.25) is 0 Å². The summed E-state index contributed by atoms with van der Waals surface area (Å²) in [6.45, 7) is 0. The number of halogens is 2. The van der Waals surface area contributed by atoms with Crippen molar-refractivity contribution in [2.75, 3.05) is 5.32 Å². The zero-order chi connectivity index (χ0) is 15.7. The minimum Gasteiger partial charge on any atom is -0.451 e. The van der Waals surface area contributed by atoms with Crippen LogP contribution in [0.5, 0.6) is 0 Å². The van der Waals surface area contributed by atoms with Crippen LogP contribution in [0, 0.1) is 0 Å². The summed E-state index contributed by atoms with van der Waals surface area (Å²) in [5.74, 6) is -0.651. The number of amides is 1. The van der Waals surface area contributed by atoms with Gasteiger partial charge in [-0.05, 0) is 30.3 Å². The third kappa shape index (κ3) is 2.84. The fourth-order valence-electron chi connectivity index (χ4n) is 1.99. The summed E-state index contributed by atoms with van der Waals surface area (Å²) in [5.41, 5.74) is 0.448. The molecular weight excluding hydrogens is 325 g/mol. The smallest absolute Gasteiger partial charge is 0.291 e. The molecule has 22 heavy (non-hydrogen) atoms. The van der Waals surface area contributed by atoms with E-state index in [1.165, 1.54) is 6.07 Å². The van der Waals surface area contributed by atoms with Crippen LogP contribution in [0.4, 0.5) is 5.69 Å². The Balaban J connectivity index is 1.97. The third-order valence-electron chi connectivity index (χ3n) is 3.04. The summed E-state index contributed by atoms with van der Waals surface area (Å²) in [4.78, 5) is 24.2. The van der Waals surface area contributed by atoms with Gasteiger partial charge in [0.1, 0.15) is 5.58 Å². The first-order chi connectivity index (χ1) is 10.5. The molecule has 4 nitrogen and oxygen atoms in total. The highest BCUT2D eigenvalue weighted by Crippen LogP contribution is 2.26. The second kappa shape index (κ2) is 5.83. The average molecular weight is 334 g/mol. The first-order valence-electron chi connectivity index (χ1n) is 6.34. The Kier molecular flexibility index (Phi) is 3.88. The maximum absolute atomic E-state index is 12.2. The molecule has 3 rings (SSSR count). The average Bonchev–Trinajstić information content (AvgIpc) is 2.50. The predicted molar refractivity (Wildman–Crippen MR) is 86.9 cm³/mol. The number of para-hydroxylation sites is 1. The molecule has 0 spiro atoms. The van der Waals surface area contributed by atoms with E-state index >= 15 is 0 Å². The van der Waals surface area contributed by atoms with E-state index in [-0.39, 0.29) is 11.2 Å². The van der Waals surface area contributed by atoms with Crippen LogP contribution in [0.3, 0.4) is 0 Å². The lowest BCUT2D eigenvalue weighted by Crippen LogP contribution is -2.15. The highest BCUT2D eigenvalue weighted by molar-refractivity contribution is 6.36. The van der Waals surface area contributed by atoms with E-state index in [1.807, 2.05) is 0 Å². The largest absolute Gasteiger partial charge is 0.451 e. The van der Waals surface area contributed by atoms with Gasteiger partial charge in [-0.2, -0.15) is 0 Å². The van der Waals surface area contributed by atoms with Crippen molar-refractivity contribution in [1.29, 1.82) is 0 Å². The van der Waals surface area contributed by atoms with Crippen molar-refractivity contribution in [1.82, 2.24) is 0 Å². The van der Waals surface area contributed by atoms with Crippen molar-refractivity contribution < 1.29 is 9.21 Å². The molecule has 1 heterocycles. The molecule has 2 aromatic carbocycles. The Bertz CT molecular complexity index is 934. The Hall–Kier alpha value is -2.30. The van der Waals surface area contributed by atoms with Crippen LogP contribution >= 0.6 is 23.2 Å². The quantitative estimate of drug-likeness (QED) is 0.758. The van der Waals surface area contributed by atoms with Crippen LogP contribution in [0.1, 0.15) is 10.6 Å². The Morgan fingerprint density at radius 2 is 1.82 bits per heavy atom. The molecule has 0 saturated heterocycles. The van der Waals surface area contributed by atoms with Crippen molar-refractivity contribution in [2.45, 2.75) is 0 Å². The normalized spacial score (nSPS) is 10.6. The topological polar surface area (TPSA) is 59.3 Å². The molecule has 0 aliphatic rings. The number of benzene rings is 2. The Morgan fingerprint density at radius 3 is 2.59 bits per heavy atom. The maximum Gasteiger partial charge on any atom is 0.291 e. The molecule has 0 fully saturated rings. The molecule has 0 bridgehead atoms. The van der Waals surface area contributed by atoms with E-state index in [0.29, 0.717) is 26.7 Å². The van der Waals surface area contributed by atoms with E-state index in [4.69, 9.17) is 27.6 Å². The lowest BCUT2D eigenvalue weighted by molar-refractivity contribution is 0.0997. The standard InChI is InChI=1S/C16H9Cl2NO3/c17-9-5-6-12(11(18)7-9)19-16(21)15-8-13(20)10-3-1-2-4-14(10)22-15/h1-8H,(H,19,21). The fourth-order valence-corrected chi connectivity index (χ4v) is 2.45. The van der Waals surface area contributed by atoms with Crippen LogP contribution in [-0.2, 0) is 0 Å². The van der Waals surface area contributed by atoms with Crippen LogP contribution < -0.4 is 10.7 Å². The molecule has 0 unspecified atom stereocenters. The van der Waals surface area contributed by atoms with E-state index in [2.05, 4.69) is 5.32 Å². The van der Waals surface area contributed by atoms with Crippen molar-refractivity contribution in [3.8, 4) is 0 Å². The van der Waals surface area contributed by atoms with Gasteiger partial charge in [-0.1, -0.05) is 35.3 Å². The number of rotatable bonds is 2. The molecular formula is C16H9Cl2NO3. The molecule has 6 heteroatoms. The number of carbonyl (C=O) groups excluding carboxylic acids is 1. The van der Waals surface area contributed by atoms with Crippen molar-refractivity contribution in [3.05, 3.63) is 74.6 Å². The summed E-state index contributed by atoms with van der Waals surface area (Å²) in [6.07, 6.45) is 0. The molecule has 1 aromatic heterocycles. The number of nitrogens with one attached hydrogen (secondary N) is 1. The highest BCUT2D eigenvalue weighted by Gasteiger charge is 2.13. The SMILES string of the molecule is O=C(Nc1ccc(Cl)cc1Cl)c1cc(=O)c2ccccc2o1. The molecule has 110 valence electrons. The Morgan fingerprint density at radius 1 is 1.05 bits per heavy atom. The minimum atomic E-state index is -0.563. The van der Waals surface area contributed by atoms with Gasteiger partial charge in [0.15, 0.2) is 11.2 Å². The van der Waals surface area contributed by atoms with Crippen LogP contribution in [0.15, 0.2) is 57.7 Å². The van der Waals surface area contributed by atoms with Gasteiger partial charge in [0, 0.05) is 11.1 Å². The molecule has 0 aliphatic heterocycles. The van der Waals surface area contributed by atoms with Gasteiger partial charge in [-0.25, -0.2) is 0 Å². The monoisotopic (exact) mass is 333 g/mol. The molecule has 1 N–H and O–H groups in total. The van der Waals surface area contributed by atoms with E-state index in [1.54, 1.807) is 36.4 Å². The first kappa shape index (κ1) is 14.6. The maximum atomic E-state index is 12.2. The molecule has 1 amide bonds. The summed E-state index contributed by atoms with van der Waals surface area (Å²) >= 11 is 11.8. The van der Waals surface area contributed by atoms with E-state index in [9.17, 15) is 9.59 Å². The first-order valence-corrected chi connectivity index (χ1v) is 7.09. The summed E-state index contributed by atoms with van der Waals surface area (Å²) in [7, 11) is 0. The zero-order valence-corrected chi connectivity index (χ0v) is 12.6. The van der Waals surface area contributed by atoms with Gasteiger partial charge in [0.05, 0.1) is 16.1 Å². The molecule has 3 aromatic rings. The predicted octanol–water partition coefficient (Wildman–Crippen LogP) is 4.35. The second-order valence-corrected chi connectivity index (χ2v) is 5.39. The van der Waals surface area contributed by atoms with Crippen molar-refractivity contribution in [3.63, 3.8) is 0 Å². The highest BCUT2D eigenvalue weighted by atomic mass is 35.5. The zero-order valence-electron chi connectivity index (χ0n) is 11.1. The minimum absolute atomic E-state index is 0.0882. The van der Waals surface area contributed by atoms with E-state index < -0.39 is 5.91 Å². The summed E-state index contributed by atoms with van der Waals surface area (Å²) in [6, 6.07) is 12.6. The number of fused-ring (bicyclic) bond motifs is 1. The van der Waals surface area contributed by atoms with Crippen molar-refractivity contribution >= 4 is 45.8 Å². The number of hydrogen-bond donors (Lipinski definition) is 1. The molecule has 0 radical (unpaired) electrons. The molecule has 0 saturated carbocycles. The van der Waals surface area contributed by atoms with Gasteiger partial charge >= 0.3 is 0 Å². The van der Waals surface area contributed by atoms with Crippen molar-refractivity contribution in [2.24, 2.45) is 0 Å². The van der Waals surface area contributed by atoms with Gasteiger partial charge in [-0.3, -0.25) is 9.59 Å². The van der Waals surface area contributed by atoms with E-state index in [0.717, 1.165) is 6.07 Å².